The van der Waals surface area contributed by atoms with Crippen LogP contribution in [0, 0.1) is 0 Å². The zero-order valence-corrected chi connectivity index (χ0v) is 15.1. The first kappa shape index (κ1) is 17.9. The second-order valence-corrected chi connectivity index (χ2v) is 6.76. The Hall–Kier alpha value is -3.53. The zero-order chi connectivity index (χ0) is 19.5. The van der Waals surface area contributed by atoms with E-state index in [4.69, 9.17) is 19.6 Å². The van der Waals surface area contributed by atoms with Crippen LogP contribution in [0.3, 0.4) is 0 Å². The van der Waals surface area contributed by atoms with Crippen LogP contribution in [0.1, 0.15) is 10.8 Å². The van der Waals surface area contributed by atoms with Gasteiger partial charge >= 0.3 is 6.03 Å². The van der Waals surface area contributed by atoms with E-state index in [1.165, 1.54) is 0 Å². The highest BCUT2D eigenvalue weighted by molar-refractivity contribution is 8.00. The van der Waals surface area contributed by atoms with Gasteiger partial charge in [-0.3, -0.25) is 10.1 Å². The Labute approximate surface area is 163 Å². The van der Waals surface area contributed by atoms with E-state index < -0.39 is 17.2 Å². The summed E-state index contributed by atoms with van der Waals surface area (Å²) in [7, 11) is 0. The fourth-order valence-corrected chi connectivity index (χ4v) is 3.47. The van der Waals surface area contributed by atoms with E-state index in [2.05, 4.69) is 15.5 Å². The smallest absolute Gasteiger partial charge is 0.318 e. The number of benzene rings is 2. The number of nitrogens with two attached hydrogens (primary N) is 1. The number of hydrogen-bond acceptors (Lipinski definition) is 8. The van der Waals surface area contributed by atoms with Crippen molar-refractivity contribution in [2.24, 2.45) is 5.73 Å². The van der Waals surface area contributed by atoms with Gasteiger partial charge in [-0.05, 0) is 35.5 Å². The van der Waals surface area contributed by atoms with Crippen LogP contribution in [-0.2, 0) is 4.79 Å². The first-order valence-electron chi connectivity index (χ1n) is 8.15. The molecule has 2 aromatic carbocycles. The Bertz CT molecular complexity index is 1020. The Morgan fingerprint density at radius 3 is 2.64 bits per heavy atom. The van der Waals surface area contributed by atoms with Crippen molar-refractivity contribution in [1.29, 1.82) is 0 Å². The number of primary amides is 1. The SMILES string of the molecule is NC(=O)NC(=O)[C@H](Sc1nnc(-c2ccc3c(c2)OCO3)o1)c1ccccc1. The molecule has 3 aromatic rings. The number of carbonyl (C=O) groups is 2. The molecule has 0 fully saturated rings. The van der Waals surface area contributed by atoms with Crippen molar-refractivity contribution in [1.82, 2.24) is 15.5 Å². The molecule has 1 aromatic heterocycles. The highest BCUT2D eigenvalue weighted by Crippen LogP contribution is 2.38. The highest BCUT2D eigenvalue weighted by atomic mass is 32.2. The summed E-state index contributed by atoms with van der Waals surface area (Å²) in [4.78, 5) is 23.5. The van der Waals surface area contributed by atoms with Gasteiger partial charge in [0.15, 0.2) is 11.5 Å². The quantitative estimate of drug-likeness (QED) is 0.627. The maximum absolute atomic E-state index is 12.4. The molecular formula is C18H14N4O5S. The lowest BCUT2D eigenvalue weighted by atomic mass is 10.1. The minimum atomic E-state index is -0.932. The fraction of sp³-hybridized carbons (Fsp3) is 0.111. The van der Waals surface area contributed by atoms with Crippen molar-refractivity contribution < 1.29 is 23.5 Å². The van der Waals surface area contributed by atoms with E-state index in [9.17, 15) is 9.59 Å². The van der Waals surface area contributed by atoms with Gasteiger partial charge in [0, 0.05) is 5.56 Å². The second-order valence-electron chi connectivity index (χ2n) is 5.70. The van der Waals surface area contributed by atoms with Gasteiger partial charge in [0.25, 0.3) is 5.22 Å². The van der Waals surface area contributed by atoms with E-state index in [0.717, 1.165) is 11.8 Å². The summed E-state index contributed by atoms with van der Waals surface area (Å²) in [6, 6.07) is 13.2. The lowest BCUT2D eigenvalue weighted by molar-refractivity contribution is -0.119. The van der Waals surface area contributed by atoms with Crippen LogP contribution in [-0.4, -0.2) is 28.9 Å². The van der Waals surface area contributed by atoms with Crippen molar-refractivity contribution in [3.05, 3.63) is 54.1 Å². The number of thioether (sulfide) groups is 1. The molecule has 0 spiro atoms. The van der Waals surface area contributed by atoms with E-state index in [1.54, 1.807) is 42.5 Å². The van der Waals surface area contributed by atoms with Crippen molar-refractivity contribution in [3.63, 3.8) is 0 Å². The molecule has 3 N–H and O–H groups in total. The fourth-order valence-electron chi connectivity index (χ4n) is 2.59. The molecular weight excluding hydrogens is 384 g/mol. The number of nitrogens with one attached hydrogen (secondary N) is 1. The number of rotatable bonds is 5. The Morgan fingerprint density at radius 2 is 1.86 bits per heavy atom. The molecule has 1 aliphatic heterocycles. The monoisotopic (exact) mass is 398 g/mol. The van der Waals surface area contributed by atoms with E-state index in [0.29, 0.717) is 22.6 Å². The van der Waals surface area contributed by atoms with Gasteiger partial charge in [0.1, 0.15) is 5.25 Å². The molecule has 0 unspecified atom stereocenters. The van der Waals surface area contributed by atoms with Crippen molar-refractivity contribution in [2.45, 2.75) is 10.5 Å². The first-order chi connectivity index (χ1) is 13.6. The van der Waals surface area contributed by atoms with Crippen LogP contribution in [0.5, 0.6) is 11.5 Å². The summed E-state index contributed by atoms with van der Waals surface area (Å²) in [5, 5.41) is 9.47. The third-order valence-electron chi connectivity index (χ3n) is 3.83. The summed E-state index contributed by atoms with van der Waals surface area (Å²) >= 11 is 1.02. The van der Waals surface area contributed by atoms with Gasteiger partial charge < -0.3 is 19.6 Å². The van der Waals surface area contributed by atoms with Crippen molar-refractivity contribution >= 4 is 23.7 Å². The van der Waals surface area contributed by atoms with Crippen LogP contribution in [0.2, 0.25) is 0 Å². The number of urea groups is 1. The van der Waals surface area contributed by atoms with E-state index >= 15 is 0 Å². The molecule has 1 aliphatic rings. The van der Waals surface area contributed by atoms with Gasteiger partial charge in [-0.15, -0.1) is 10.2 Å². The molecule has 1 atom stereocenters. The first-order valence-corrected chi connectivity index (χ1v) is 9.03. The molecule has 10 heteroatoms. The van der Waals surface area contributed by atoms with E-state index in [-0.39, 0.29) is 17.9 Å². The zero-order valence-electron chi connectivity index (χ0n) is 14.3. The minimum Gasteiger partial charge on any atom is -0.454 e. The Balaban J connectivity index is 1.58. The number of amides is 3. The maximum Gasteiger partial charge on any atom is 0.318 e. The Morgan fingerprint density at radius 1 is 1.07 bits per heavy atom. The average molecular weight is 398 g/mol. The Kier molecular flexibility index (Phi) is 4.85. The predicted molar refractivity (Wildman–Crippen MR) is 98.6 cm³/mol. The number of imide groups is 1. The summed E-state index contributed by atoms with van der Waals surface area (Å²) in [6.07, 6.45) is 0. The summed E-state index contributed by atoms with van der Waals surface area (Å²) in [5.41, 5.74) is 6.39. The number of ether oxygens (including phenoxy) is 2. The molecule has 3 amide bonds. The van der Waals surface area contributed by atoms with Crippen LogP contribution in [0.4, 0.5) is 4.79 Å². The standard InChI is InChI=1S/C18H14N4O5S/c19-17(24)20-15(23)14(10-4-2-1-3-5-10)28-18-22-21-16(27-18)11-6-7-12-13(8-11)26-9-25-12/h1-8,14H,9H2,(H3,19,20,23,24)/t14-/m1/s1. The summed E-state index contributed by atoms with van der Waals surface area (Å²) in [6.45, 7) is 0.164. The summed E-state index contributed by atoms with van der Waals surface area (Å²) in [5.74, 6) is 0.924. The number of hydrogen-bond donors (Lipinski definition) is 2. The normalized spacial score (nSPS) is 13.1. The predicted octanol–water partition coefficient (Wildman–Crippen LogP) is 2.49. The van der Waals surface area contributed by atoms with Crippen LogP contribution in [0.25, 0.3) is 11.5 Å². The summed E-state index contributed by atoms with van der Waals surface area (Å²) < 4.78 is 16.3. The number of fused-ring (bicyclic) bond motifs is 1. The minimum absolute atomic E-state index is 0.164. The average Bonchev–Trinajstić information content (AvgIpc) is 3.34. The maximum atomic E-state index is 12.4. The molecule has 0 radical (unpaired) electrons. The van der Waals surface area contributed by atoms with E-state index in [1.807, 2.05) is 6.07 Å². The molecule has 4 rings (SSSR count). The van der Waals surface area contributed by atoms with Gasteiger partial charge in [-0.25, -0.2) is 4.79 Å². The molecule has 0 bridgehead atoms. The molecule has 0 saturated heterocycles. The van der Waals surface area contributed by atoms with Gasteiger partial charge in [-0.2, -0.15) is 0 Å². The molecule has 2 heterocycles. The highest BCUT2D eigenvalue weighted by Gasteiger charge is 2.26. The topological polar surface area (TPSA) is 130 Å². The van der Waals surface area contributed by atoms with Gasteiger partial charge in [0.2, 0.25) is 18.6 Å². The van der Waals surface area contributed by atoms with Crippen molar-refractivity contribution in [2.75, 3.05) is 6.79 Å². The van der Waals surface area contributed by atoms with Crippen LogP contribution in [0.15, 0.2) is 58.2 Å². The van der Waals surface area contributed by atoms with Crippen molar-refractivity contribution in [3.8, 4) is 23.0 Å². The third-order valence-corrected chi connectivity index (χ3v) is 4.92. The molecule has 142 valence electrons. The number of aromatic nitrogens is 2. The molecule has 9 nitrogen and oxygen atoms in total. The molecule has 0 aliphatic carbocycles. The van der Waals surface area contributed by atoms with Crippen LogP contribution >= 0.6 is 11.8 Å². The lowest BCUT2D eigenvalue weighted by Gasteiger charge is -2.13. The lowest BCUT2D eigenvalue weighted by Crippen LogP contribution is -2.37. The van der Waals surface area contributed by atoms with Gasteiger partial charge in [-0.1, -0.05) is 30.3 Å². The molecule has 0 saturated carbocycles. The largest absolute Gasteiger partial charge is 0.454 e. The molecule has 28 heavy (non-hydrogen) atoms. The number of nitrogens with zero attached hydrogens (tertiary/aromatic N) is 2. The number of carbonyl (C=O) groups excluding carboxylic acids is 2. The second kappa shape index (κ2) is 7.61. The van der Waals surface area contributed by atoms with Gasteiger partial charge in [0.05, 0.1) is 0 Å². The van der Waals surface area contributed by atoms with Crippen LogP contribution < -0.4 is 20.5 Å². The third kappa shape index (κ3) is 3.76.